The van der Waals surface area contributed by atoms with Crippen molar-refractivity contribution in [2.24, 2.45) is 5.92 Å². The number of likely N-dealkylation sites (tertiary alicyclic amines) is 1. The first kappa shape index (κ1) is 25.5. The fraction of sp³-hybridized carbons (Fsp3) is 0.280. The maximum Gasteiger partial charge on any atom is 0.321 e. The van der Waals surface area contributed by atoms with Gasteiger partial charge in [0.05, 0.1) is 23.8 Å². The molecule has 11 heteroatoms. The van der Waals surface area contributed by atoms with E-state index in [-0.39, 0.29) is 34.6 Å². The van der Waals surface area contributed by atoms with E-state index in [1.165, 1.54) is 18.2 Å². The number of piperidine rings is 1. The zero-order chi connectivity index (χ0) is 25.7. The Morgan fingerprint density at radius 2 is 1.78 bits per heavy atom. The average molecular weight is 557 g/mol. The van der Waals surface area contributed by atoms with E-state index < -0.39 is 5.82 Å². The molecule has 1 saturated heterocycles. The smallest absolute Gasteiger partial charge is 0.321 e. The zero-order valence-corrected chi connectivity index (χ0v) is 21.0. The van der Waals surface area contributed by atoms with E-state index in [4.69, 9.17) is 10.5 Å². The number of carbonyl (C=O) groups excluding carboxylic acids is 2. The second-order valence-electron chi connectivity index (χ2n) is 8.48. The van der Waals surface area contributed by atoms with Crippen LogP contribution in [0.25, 0.3) is 11.1 Å². The first-order valence-corrected chi connectivity index (χ1v) is 12.3. The van der Waals surface area contributed by atoms with Crippen LogP contribution in [-0.4, -0.2) is 57.1 Å². The maximum atomic E-state index is 13.4. The number of nitrogens with zero attached hydrogens (tertiary/aromatic N) is 3. The summed E-state index contributed by atoms with van der Waals surface area (Å²) in [7, 11) is 0. The number of nitrogens with one attached hydrogen (secondary N) is 3. The Balaban J connectivity index is 1.26. The highest BCUT2D eigenvalue weighted by molar-refractivity contribution is 9.10. The number of amidine groups is 1. The molecule has 1 fully saturated rings. The van der Waals surface area contributed by atoms with E-state index in [2.05, 4.69) is 31.7 Å². The van der Waals surface area contributed by atoms with Crippen molar-refractivity contribution in [2.45, 2.75) is 19.4 Å². The Hall–Kier alpha value is -3.57. The number of urea groups is 1. The van der Waals surface area contributed by atoms with Gasteiger partial charge in [-0.3, -0.25) is 14.9 Å². The minimum absolute atomic E-state index is 0.0189. The summed E-state index contributed by atoms with van der Waals surface area (Å²) in [5, 5.41) is 26.9. The van der Waals surface area contributed by atoms with Crippen molar-refractivity contribution in [1.82, 2.24) is 14.7 Å². The number of Topliss-reactive ketones (excluding diaryl/α,β-unsaturated/α-hetero) is 1. The highest BCUT2D eigenvalue weighted by atomic mass is 79.9. The third kappa shape index (κ3) is 6.16. The molecular formula is C25H26BrFN6O3. The minimum atomic E-state index is -0.425. The second kappa shape index (κ2) is 11.4. The molecule has 0 saturated carbocycles. The van der Waals surface area contributed by atoms with Gasteiger partial charge in [0.2, 0.25) is 5.78 Å². The van der Waals surface area contributed by atoms with Gasteiger partial charge < -0.3 is 20.6 Å². The third-order valence-electron chi connectivity index (χ3n) is 6.02. The Kier molecular flexibility index (Phi) is 8.11. The number of amides is 2. The number of rotatable bonds is 7. The number of carbonyl (C=O) groups is 2. The van der Waals surface area contributed by atoms with Gasteiger partial charge >= 0.3 is 6.03 Å². The summed E-state index contributed by atoms with van der Waals surface area (Å²) < 4.78 is 15.3. The molecule has 0 spiro atoms. The quantitative estimate of drug-likeness (QED) is 0.254. The molecule has 1 aliphatic heterocycles. The molecule has 9 nitrogen and oxygen atoms in total. The predicted octanol–water partition coefficient (Wildman–Crippen LogP) is 4.35. The lowest BCUT2D eigenvalue weighted by Crippen LogP contribution is -2.44. The molecule has 0 radical (unpaired) electrons. The van der Waals surface area contributed by atoms with Gasteiger partial charge in [0, 0.05) is 42.1 Å². The van der Waals surface area contributed by atoms with E-state index in [1.807, 2.05) is 30.5 Å². The van der Waals surface area contributed by atoms with E-state index in [0.717, 1.165) is 11.1 Å². The van der Waals surface area contributed by atoms with E-state index >= 15 is 0 Å². The molecule has 0 bridgehead atoms. The van der Waals surface area contributed by atoms with Crippen LogP contribution in [0.4, 0.5) is 20.6 Å². The predicted molar refractivity (Wildman–Crippen MR) is 139 cm³/mol. The van der Waals surface area contributed by atoms with Gasteiger partial charge in [0.1, 0.15) is 5.82 Å². The van der Waals surface area contributed by atoms with Crippen LogP contribution in [0.1, 0.15) is 12.8 Å². The SMILES string of the molecule is N=C(Nc1ccc(F)c(Br)c1)C(=O)C1CCN(C(=O)Nc2ccc(-c3cnn(CCO)c3)cc2)CC1. The fourth-order valence-electron chi connectivity index (χ4n) is 4.01. The van der Waals surface area contributed by atoms with Crippen LogP contribution in [0, 0.1) is 17.1 Å². The van der Waals surface area contributed by atoms with Crippen LogP contribution in [0.3, 0.4) is 0 Å². The Labute approximate surface area is 215 Å². The van der Waals surface area contributed by atoms with Crippen molar-refractivity contribution in [2.75, 3.05) is 30.3 Å². The summed E-state index contributed by atoms with van der Waals surface area (Å²) in [5.41, 5.74) is 2.96. The number of hydrogen-bond acceptors (Lipinski definition) is 5. The average Bonchev–Trinajstić information content (AvgIpc) is 3.35. The molecule has 1 aliphatic rings. The molecule has 4 rings (SSSR count). The highest BCUT2D eigenvalue weighted by Crippen LogP contribution is 2.24. The lowest BCUT2D eigenvalue weighted by atomic mass is 9.92. The summed E-state index contributed by atoms with van der Waals surface area (Å²) in [6.45, 7) is 1.25. The largest absolute Gasteiger partial charge is 0.394 e. The summed E-state index contributed by atoms with van der Waals surface area (Å²) in [4.78, 5) is 27.1. The number of anilines is 2. The molecule has 4 N–H and O–H groups in total. The molecule has 0 unspecified atom stereocenters. The van der Waals surface area contributed by atoms with Crippen LogP contribution < -0.4 is 10.6 Å². The molecule has 2 heterocycles. The number of benzene rings is 2. The van der Waals surface area contributed by atoms with Crippen molar-refractivity contribution in [3.8, 4) is 11.1 Å². The lowest BCUT2D eigenvalue weighted by molar-refractivity contribution is -0.117. The van der Waals surface area contributed by atoms with Crippen molar-refractivity contribution in [1.29, 1.82) is 5.41 Å². The monoisotopic (exact) mass is 556 g/mol. The van der Waals surface area contributed by atoms with Crippen molar-refractivity contribution in [3.05, 3.63) is 65.1 Å². The van der Waals surface area contributed by atoms with Crippen molar-refractivity contribution < 1.29 is 19.1 Å². The number of aliphatic hydroxyl groups excluding tert-OH is 1. The van der Waals surface area contributed by atoms with Crippen LogP contribution in [-0.2, 0) is 11.3 Å². The normalized spacial score (nSPS) is 13.9. The standard InChI is InChI=1S/C25H26BrFN6O3/c26-21-13-20(5-6-22(21)27)30-24(28)23(35)17-7-9-32(10-8-17)25(36)31-19-3-1-16(2-4-19)18-14-29-33(15-18)11-12-34/h1-6,13-15,17,34H,7-12H2,(H2,28,30)(H,31,36). The Bertz CT molecular complexity index is 1250. The molecule has 36 heavy (non-hydrogen) atoms. The highest BCUT2D eigenvalue weighted by Gasteiger charge is 2.29. The molecule has 0 atom stereocenters. The number of aliphatic hydroxyl groups is 1. The maximum absolute atomic E-state index is 13.4. The number of hydrogen-bond donors (Lipinski definition) is 4. The summed E-state index contributed by atoms with van der Waals surface area (Å²) in [6.07, 6.45) is 4.49. The fourth-order valence-corrected chi connectivity index (χ4v) is 4.39. The van der Waals surface area contributed by atoms with Crippen LogP contribution >= 0.6 is 15.9 Å². The molecule has 3 aromatic rings. The molecule has 1 aromatic heterocycles. The van der Waals surface area contributed by atoms with Gasteiger partial charge in [-0.05, 0) is 64.7 Å². The summed E-state index contributed by atoms with van der Waals surface area (Å²) >= 11 is 3.09. The minimum Gasteiger partial charge on any atom is -0.394 e. The Morgan fingerprint density at radius 3 is 2.44 bits per heavy atom. The molecule has 188 valence electrons. The zero-order valence-electron chi connectivity index (χ0n) is 19.4. The number of ketones is 1. The Morgan fingerprint density at radius 1 is 1.08 bits per heavy atom. The van der Waals surface area contributed by atoms with Crippen LogP contribution in [0.5, 0.6) is 0 Å². The van der Waals surface area contributed by atoms with Gasteiger partial charge in [0.25, 0.3) is 0 Å². The summed E-state index contributed by atoms with van der Waals surface area (Å²) in [5.74, 6) is -1.36. The third-order valence-corrected chi connectivity index (χ3v) is 6.63. The molecule has 2 aromatic carbocycles. The summed E-state index contributed by atoms with van der Waals surface area (Å²) in [6, 6.07) is 11.3. The first-order chi connectivity index (χ1) is 17.3. The van der Waals surface area contributed by atoms with Gasteiger partial charge in [-0.15, -0.1) is 0 Å². The van der Waals surface area contributed by atoms with Gasteiger partial charge in [-0.2, -0.15) is 5.10 Å². The molecule has 0 aliphatic carbocycles. The topological polar surface area (TPSA) is 123 Å². The van der Waals surface area contributed by atoms with E-state index in [0.29, 0.717) is 43.9 Å². The van der Waals surface area contributed by atoms with Crippen LogP contribution in [0.15, 0.2) is 59.3 Å². The van der Waals surface area contributed by atoms with Crippen molar-refractivity contribution >= 4 is 45.0 Å². The number of aromatic nitrogens is 2. The van der Waals surface area contributed by atoms with E-state index in [1.54, 1.807) is 15.8 Å². The van der Waals surface area contributed by atoms with Crippen LogP contribution in [0.2, 0.25) is 0 Å². The molecular weight excluding hydrogens is 531 g/mol. The molecule has 2 amide bonds. The van der Waals surface area contributed by atoms with Crippen molar-refractivity contribution in [3.63, 3.8) is 0 Å². The van der Waals surface area contributed by atoms with Gasteiger partial charge in [-0.1, -0.05) is 12.1 Å². The lowest BCUT2D eigenvalue weighted by Gasteiger charge is -2.31. The van der Waals surface area contributed by atoms with E-state index in [9.17, 15) is 14.0 Å². The second-order valence-corrected chi connectivity index (χ2v) is 9.33. The van der Waals surface area contributed by atoms with Gasteiger partial charge in [0.15, 0.2) is 5.84 Å². The number of halogens is 2. The van der Waals surface area contributed by atoms with Gasteiger partial charge in [-0.25, -0.2) is 9.18 Å². The first-order valence-electron chi connectivity index (χ1n) is 11.5.